The Balaban J connectivity index is 1.49. The molecule has 1 aromatic carbocycles. The first kappa shape index (κ1) is 16.9. The van der Waals surface area contributed by atoms with Crippen molar-refractivity contribution in [1.29, 1.82) is 0 Å². The van der Waals surface area contributed by atoms with Gasteiger partial charge in [-0.2, -0.15) is 4.31 Å². The summed E-state index contributed by atoms with van der Waals surface area (Å²) in [6.07, 6.45) is 1.30. The molecule has 0 N–H and O–H groups in total. The Morgan fingerprint density at radius 1 is 1.24 bits per heavy atom. The molecule has 0 saturated carbocycles. The van der Waals surface area contributed by atoms with Gasteiger partial charge in [0.2, 0.25) is 15.9 Å². The lowest BCUT2D eigenvalue weighted by Gasteiger charge is -2.24. The second-order valence-electron chi connectivity index (χ2n) is 6.99. The van der Waals surface area contributed by atoms with E-state index in [1.807, 2.05) is 4.90 Å². The van der Waals surface area contributed by atoms with Gasteiger partial charge in [-0.15, -0.1) is 0 Å². The van der Waals surface area contributed by atoms with Gasteiger partial charge in [0.15, 0.2) is 0 Å². The minimum absolute atomic E-state index is 0.0509. The molecular formula is C17H21FN2O4S. The molecule has 1 aromatic rings. The summed E-state index contributed by atoms with van der Waals surface area (Å²) >= 11 is 0. The number of hydrogen-bond acceptors (Lipinski definition) is 4. The molecule has 136 valence electrons. The summed E-state index contributed by atoms with van der Waals surface area (Å²) in [4.78, 5) is 13.4. The zero-order valence-electron chi connectivity index (χ0n) is 13.8. The van der Waals surface area contributed by atoms with Crippen molar-refractivity contribution < 1.29 is 22.3 Å². The van der Waals surface area contributed by atoms with Crippen molar-refractivity contribution in [3.8, 4) is 0 Å². The standard InChI is InChI=1S/C17H21FN2O4S/c18-14-4-1-2-5-16(14)25(22,23)20-9-13-12(11-24-15(13)10-20)8-19-7-3-6-17(19)21/h1-2,4-5,12-13,15H,3,6-11H2/t12-,13+,15+/m1/s1. The molecule has 8 heteroatoms. The summed E-state index contributed by atoms with van der Waals surface area (Å²) in [6, 6.07) is 5.44. The number of benzene rings is 1. The van der Waals surface area contributed by atoms with Gasteiger partial charge in [0.25, 0.3) is 0 Å². The number of nitrogens with zero attached hydrogens (tertiary/aromatic N) is 2. The zero-order valence-corrected chi connectivity index (χ0v) is 14.6. The van der Waals surface area contributed by atoms with E-state index in [0.29, 0.717) is 26.1 Å². The smallest absolute Gasteiger partial charge is 0.246 e. The van der Waals surface area contributed by atoms with Crippen molar-refractivity contribution in [3.63, 3.8) is 0 Å². The SMILES string of the molecule is O=C1CCCN1C[C@@H]1CO[C@H]2CN(S(=O)(=O)c3ccccc3F)C[C@@H]12. The van der Waals surface area contributed by atoms with Gasteiger partial charge >= 0.3 is 0 Å². The van der Waals surface area contributed by atoms with Gasteiger partial charge < -0.3 is 9.64 Å². The van der Waals surface area contributed by atoms with Crippen LogP contribution in [0.1, 0.15) is 12.8 Å². The predicted octanol–water partition coefficient (Wildman–Crippen LogP) is 1.08. The predicted molar refractivity (Wildman–Crippen MR) is 87.7 cm³/mol. The minimum Gasteiger partial charge on any atom is -0.376 e. The van der Waals surface area contributed by atoms with Crippen LogP contribution in [-0.4, -0.2) is 62.4 Å². The Morgan fingerprint density at radius 2 is 2.04 bits per heavy atom. The first-order valence-electron chi connectivity index (χ1n) is 8.61. The van der Waals surface area contributed by atoms with E-state index < -0.39 is 15.8 Å². The molecule has 3 saturated heterocycles. The number of rotatable bonds is 4. The third-order valence-electron chi connectivity index (χ3n) is 5.49. The maximum Gasteiger partial charge on any atom is 0.246 e. The van der Waals surface area contributed by atoms with E-state index in [9.17, 15) is 17.6 Å². The highest BCUT2D eigenvalue weighted by molar-refractivity contribution is 7.89. The van der Waals surface area contributed by atoms with E-state index in [1.54, 1.807) is 0 Å². The fourth-order valence-corrected chi connectivity index (χ4v) is 5.68. The van der Waals surface area contributed by atoms with Crippen LogP contribution in [0.2, 0.25) is 0 Å². The Bertz CT molecular complexity index is 785. The van der Waals surface area contributed by atoms with Crippen LogP contribution in [0.25, 0.3) is 0 Å². The molecule has 4 rings (SSSR count). The highest BCUT2D eigenvalue weighted by atomic mass is 32.2. The largest absolute Gasteiger partial charge is 0.376 e. The van der Waals surface area contributed by atoms with E-state index in [-0.39, 0.29) is 35.3 Å². The summed E-state index contributed by atoms with van der Waals surface area (Å²) in [7, 11) is -3.88. The van der Waals surface area contributed by atoms with Crippen molar-refractivity contribution in [2.75, 3.05) is 32.8 Å². The van der Waals surface area contributed by atoms with Gasteiger partial charge in [0.1, 0.15) is 10.7 Å². The highest BCUT2D eigenvalue weighted by Crippen LogP contribution is 2.37. The first-order valence-corrected chi connectivity index (χ1v) is 10.0. The maximum absolute atomic E-state index is 13.9. The minimum atomic E-state index is -3.88. The first-order chi connectivity index (χ1) is 12.0. The highest BCUT2D eigenvalue weighted by Gasteiger charge is 2.48. The van der Waals surface area contributed by atoms with Crippen LogP contribution >= 0.6 is 0 Å². The molecule has 3 aliphatic heterocycles. The number of carbonyl (C=O) groups excluding carboxylic acids is 1. The molecule has 3 fully saturated rings. The molecule has 6 nitrogen and oxygen atoms in total. The Kier molecular flexibility index (Phi) is 4.29. The summed E-state index contributed by atoms with van der Waals surface area (Å²) in [5.74, 6) is -0.389. The van der Waals surface area contributed by atoms with Crippen molar-refractivity contribution >= 4 is 15.9 Å². The van der Waals surface area contributed by atoms with Gasteiger partial charge in [-0.1, -0.05) is 12.1 Å². The van der Waals surface area contributed by atoms with Gasteiger partial charge in [0, 0.05) is 44.4 Å². The van der Waals surface area contributed by atoms with E-state index >= 15 is 0 Å². The fourth-order valence-electron chi connectivity index (χ4n) is 4.12. The summed E-state index contributed by atoms with van der Waals surface area (Å²) in [5.41, 5.74) is 0. The van der Waals surface area contributed by atoms with Crippen molar-refractivity contribution in [2.24, 2.45) is 11.8 Å². The Labute approximate surface area is 146 Å². The summed E-state index contributed by atoms with van der Waals surface area (Å²) in [5, 5.41) is 0. The molecule has 3 atom stereocenters. The molecule has 0 radical (unpaired) electrons. The number of halogens is 1. The van der Waals surface area contributed by atoms with Crippen molar-refractivity contribution in [3.05, 3.63) is 30.1 Å². The number of fused-ring (bicyclic) bond motifs is 1. The molecule has 0 aliphatic carbocycles. The summed E-state index contributed by atoms with van der Waals surface area (Å²) in [6.45, 7) is 2.49. The lowest BCUT2D eigenvalue weighted by atomic mass is 9.93. The quantitative estimate of drug-likeness (QED) is 0.798. The third kappa shape index (κ3) is 2.96. The Hall–Kier alpha value is -1.51. The summed E-state index contributed by atoms with van der Waals surface area (Å²) < 4.78 is 46.6. The lowest BCUT2D eigenvalue weighted by Crippen LogP contribution is -2.36. The average Bonchev–Trinajstić information content (AvgIpc) is 3.26. The van der Waals surface area contributed by atoms with Crippen LogP contribution < -0.4 is 0 Å². The third-order valence-corrected chi connectivity index (χ3v) is 7.35. The van der Waals surface area contributed by atoms with Crippen LogP contribution in [0.5, 0.6) is 0 Å². The van der Waals surface area contributed by atoms with Crippen LogP contribution in [0.15, 0.2) is 29.2 Å². The van der Waals surface area contributed by atoms with Gasteiger partial charge in [-0.25, -0.2) is 12.8 Å². The fraction of sp³-hybridized carbons (Fsp3) is 0.588. The van der Waals surface area contributed by atoms with E-state index in [0.717, 1.165) is 19.0 Å². The topological polar surface area (TPSA) is 66.9 Å². The van der Waals surface area contributed by atoms with Crippen LogP contribution in [0.3, 0.4) is 0 Å². The average molecular weight is 368 g/mol. The van der Waals surface area contributed by atoms with Gasteiger partial charge in [-0.05, 0) is 18.6 Å². The molecule has 0 aromatic heterocycles. The van der Waals surface area contributed by atoms with Crippen molar-refractivity contribution in [2.45, 2.75) is 23.8 Å². The number of hydrogen-bond donors (Lipinski definition) is 0. The number of carbonyl (C=O) groups is 1. The normalized spacial score (nSPS) is 30.2. The zero-order chi connectivity index (χ0) is 17.6. The molecule has 0 spiro atoms. The molecule has 25 heavy (non-hydrogen) atoms. The second kappa shape index (κ2) is 6.34. The van der Waals surface area contributed by atoms with Crippen molar-refractivity contribution in [1.82, 2.24) is 9.21 Å². The number of sulfonamides is 1. The molecule has 3 heterocycles. The molecule has 1 amide bonds. The Morgan fingerprint density at radius 3 is 2.76 bits per heavy atom. The second-order valence-corrected chi connectivity index (χ2v) is 8.90. The van der Waals surface area contributed by atoms with Gasteiger partial charge in [-0.3, -0.25) is 4.79 Å². The van der Waals surface area contributed by atoms with E-state index in [1.165, 1.54) is 22.5 Å². The van der Waals surface area contributed by atoms with E-state index in [4.69, 9.17) is 4.74 Å². The van der Waals surface area contributed by atoms with Gasteiger partial charge in [0.05, 0.1) is 12.7 Å². The van der Waals surface area contributed by atoms with Crippen LogP contribution in [-0.2, 0) is 19.6 Å². The monoisotopic (exact) mass is 368 g/mol. The van der Waals surface area contributed by atoms with Crippen LogP contribution in [0.4, 0.5) is 4.39 Å². The number of amides is 1. The molecule has 0 bridgehead atoms. The maximum atomic E-state index is 13.9. The number of ether oxygens (including phenoxy) is 1. The molecule has 3 aliphatic rings. The van der Waals surface area contributed by atoms with Crippen LogP contribution in [0, 0.1) is 17.7 Å². The number of likely N-dealkylation sites (tertiary alicyclic amines) is 1. The lowest BCUT2D eigenvalue weighted by molar-refractivity contribution is -0.128. The molecule has 0 unspecified atom stereocenters. The molecular weight excluding hydrogens is 347 g/mol. The van der Waals surface area contributed by atoms with E-state index in [2.05, 4.69) is 0 Å².